The van der Waals surface area contributed by atoms with E-state index in [-0.39, 0.29) is 18.1 Å². The molecule has 1 saturated carbocycles. The third-order valence-corrected chi connectivity index (χ3v) is 4.28. The predicted octanol–water partition coefficient (Wildman–Crippen LogP) is 1.10. The first-order valence-electron chi connectivity index (χ1n) is 7.21. The number of morpholine rings is 1. The highest BCUT2D eigenvalue weighted by Crippen LogP contribution is 2.33. The summed E-state index contributed by atoms with van der Waals surface area (Å²) >= 11 is 0. The molecule has 1 saturated heterocycles. The van der Waals surface area contributed by atoms with Gasteiger partial charge in [0.1, 0.15) is 0 Å². The lowest BCUT2D eigenvalue weighted by molar-refractivity contribution is -0.145. The number of aliphatic carboxylic acids is 1. The first-order chi connectivity index (χ1) is 8.88. The van der Waals surface area contributed by atoms with Crippen molar-refractivity contribution in [3.63, 3.8) is 0 Å². The predicted molar refractivity (Wildman–Crippen MR) is 71.0 cm³/mol. The lowest BCUT2D eigenvalue weighted by atomic mass is 9.78. The smallest absolute Gasteiger partial charge is 0.306 e. The molecule has 0 aromatic rings. The number of carbonyl (C=O) groups is 1. The summed E-state index contributed by atoms with van der Waals surface area (Å²) in [5.74, 6) is -1.00. The van der Waals surface area contributed by atoms with Crippen molar-refractivity contribution in [2.75, 3.05) is 19.6 Å². The van der Waals surface area contributed by atoms with E-state index in [9.17, 15) is 9.90 Å². The first-order valence-corrected chi connectivity index (χ1v) is 7.21. The lowest BCUT2D eigenvalue weighted by Gasteiger charge is -2.42. The highest BCUT2D eigenvalue weighted by Gasteiger charge is 2.38. The second-order valence-electron chi connectivity index (χ2n) is 6.29. The minimum atomic E-state index is -0.726. The van der Waals surface area contributed by atoms with Gasteiger partial charge in [0.25, 0.3) is 0 Å². The SMILES string of the molecule is C[C@@H]1CN(CC2(O)CCC(C(=O)O)CC2)C[C@H](C)O1. The number of aliphatic hydroxyl groups is 1. The Bertz CT molecular complexity index is 315. The molecule has 110 valence electrons. The van der Waals surface area contributed by atoms with Crippen molar-refractivity contribution in [3.8, 4) is 0 Å². The fraction of sp³-hybridized carbons (Fsp3) is 0.929. The van der Waals surface area contributed by atoms with Crippen molar-refractivity contribution in [1.82, 2.24) is 4.90 Å². The fourth-order valence-electron chi connectivity index (χ4n) is 3.39. The molecule has 5 heteroatoms. The fourth-order valence-corrected chi connectivity index (χ4v) is 3.39. The molecule has 0 unspecified atom stereocenters. The van der Waals surface area contributed by atoms with Gasteiger partial charge >= 0.3 is 5.97 Å². The van der Waals surface area contributed by atoms with Gasteiger partial charge in [-0.15, -0.1) is 0 Å². The van der Waals surface area contributed by atoms with Gasteiger partial charge < -0.3 is 14.9 Å². The number of rotatable bonds is 3. The number of hydrogen-bond donors (Lipinski definition) is 2. The Morgan fingerprint density at radius 1 is 1.26 bits per heavy atom. The molecule has 1 heterocycles. The van der Waals surface area contributed by atoms with E-state index in [2.05, 4.69) is 4.90 Å². The summed E-state index contributed by atoms with van der Waals surface area (Å²) < 4.78 is 5.69. The summed E-state index contributed by atoms with van der Waals surface area (Å²) in [5, 5.41) is 19.6. The quantitative estimate of drug-likeness (QED) is 0.804. The van der Waals surface area contributed by atoms with Crippen molar-refractivity contribution >= 4 is 5.97 Å². The third kappa shape index (κ3) is 3.91. The Labute approximate surface area is 114 Å². The van der Waals surface area contributed by atoms with Crippen LogP contribution in [0.4, 0.5) is 0 Å². The summed E-state index contributed by atoms with van der Waals surface area (Å²) in [6.45, 7) is 6.42. The Balaban J connectivity index is 1.86. The Hall–Kier alpha value is -0.650. The molecule has 1 aliphatic carbocycles. The summed E-state index contributed by atoms with van der Waals surface area (Å²) in [6, 6.07) is 0. The van der Waals surface area contributed by atoms with Crippen molar-refractivity contribution in [2.24, 2.45) is 5.92 Å². The molecule has 19 heavy (non-hydrogen) atoms. The topological polar surface area (TPSA) is 70.0 Å². The van der Waals surface area contributed by atoms with Crippen LogP contribution >= 0.6 is 0 Å². The Morgan fingerprint density at radius 3 is 2.26 bits per heavy atom. The van der Waals surface area contributed by atoms with Gasteiger partial charge in [-0.05, 0) is 39.5 Å². The van der Waals surface area contributed by atoms with Crippen LogP contribution in [0, 0.1) is 5.92 Å². The molecule has 0 radical (unpaired) electrons. The Kier molecular flexibility index (Phi) is 4.48. The second-order valence-corrected chi connectivity index (χ2v) is 6.29. The maximum atomic E-state index is 10.9. The van der Waals surface area contributed by atoms with Crippen LogP contribution < -0.4 is 0 Å². The van der Waals surface area contributed by atoms with Crippen LogP contribution in [0.5, 0.6) is 0 Å². The van der Waals surface area contributed by atoms with E-state index in [0.717, 1.165) is 13.1 Å². The highest BCUT2D eigenvalue weighted by molar-refractivity contribution is 5.70. The molecule has 0 aromatic heterocycles. The maximum absolute atomic E-state index is 10.9. The largest absolute Gasteiger partial charge is 0.481 e. The monoisotopic (exact) mass is 271 g/mol. The summed E-state index contributed by atoms with van der Waals surface area (Å²) in [4.78, 5) is 13.2. The zero-order valence-corrected chi connectivity index (χ0v) is 11.8. The number of ether oxygens (including phenoxy) is 1. The minimum absolute atomic E-state index is 0.197. The average molecular weight is 271 g/mol. The van der Waals surface area contributed by atoms with E-state index in [4.69, 9.17) is 9.84 Å². The van der Waals surface area contributed by atoms with Gasteiger partial charge in [-0.3, -0.25) is 9.69 Å². The molecule has 2 atom stereocenters. The van der Waals surface area contributed by atoms with Crippen LogP contribution in [0.2, 0.25) is 0 Å². The van der Waals surface area contributed by atoms with E-state index in [0.29, 0.717) is 32.2 Å². The molecular weight excluding hydrogens is 246 g/mol. The van der Waals surface area contributed by atoms with Crippen molar-refractivity contribution in [1.29, 1.82) is 0 Å². The summed E-state index contributed by atoms with van der Waals surface area (Å²) in [7, 11) is 0. The lowest BCUT2D eigenvalue weighted by Crippen LogP contribution is -2.53. The molecule has 2 N–H and O–H groups in total. The normalized spacial score (nSPS) is 41.1. The second kappa shape index (κ2) is 5.77. The number of carboxylic acid groups (broad SMARTS) is 1. The molecule has 0 spiro atoms. The zero-order chi connectivity index (χ0) is 14.0. The van der Waals surface area contributed by atoms with E-state index >= 15 is 0 Å². The molecule has 2 rings (SSSR count). The minimum Gasteiger partial charge on any atom is -0.481 e. The Morgan fingerprint density at radius 2 is 1.79 bits per heavy atom. The van der Waals surface area contributed by atoms with Crippen molar-refractivity contribution < 1.29 is 19.7 Å². The molecule has 0 amide bonds. The third-order valence-electron chi connectivity index (χ3n) is 4.28. The average Bonchev–Trinajstić information content (AvgIpc) is 2.27. The van der Waals surface area contributed by atoms with E-state index in [1.54, 1.807) is 0 Å². The van der Waals surface area contributed by atoms with Crippen LogP contribution in [0.3, 0.4) is 0 Å². The zero-order valence-electron chi connectivity index (χ0n) is 11.8. The van der Waals surface area contributed by atoms with E-state index < -0.39 is 11.6 Å². The van der Waals surface area contributed by atoms with Crippen LogP contribution in [0.1, 0.15) is 39.5 Å². The van der Waals surface area contributed by atoms with Crippen LogP contribution in [-0.4, -0.2) is 58.5 Å². The highest BCUT2D eigenvalue weighted by atomic mass is 16.5. The van der Waals surface area contributed by atoms with Gasteiger partial charge in [-0.1, -0.05) is 0 Å². The van der Waals surface area contributed by atoms with Crippen LogP contribution in [0.15, 0.2) is 0 Å². The molecule has 1 aliphatic heterocycles. The van der Waals surface area contributed by atoms with Gasteiger partial charge in [0.05, 0.1) is 23.7 Å². The first kappa shape index (κ1) is 14.8. The molecule has 0 aromatic carbocycles. The maximum Gasteiger partial charge on any atom is 0.306 e. The number of carboxylic acids is 1. The molecular formula is C14H25NO4. The van der Waals surface area contributed by atoms with E-state index in [1.807, 2.05) is 13.8 Å². The van der Waals surface area contributed by atoms with E-state index in [1.165, 1.54) is 0 Å². The summed E-state index contributed by atoms with van der Waals surface area (Å²) in [6.07, 6.45) is 2.74. The van der Waals surface area contributed by atoms with Crippen molar-refractivity contribution in [3.05, 3.63) is 0 Å². The standard InChI is InChI=1S/C14H25NO4/c1-10-7-15(8-11(2)19-10)9-14(18)5-3-12(4-6-14)13(16)17/h10-12,18H,3-9H2,1-2H3,(H,16,17)/t10-,11+,12?,14?. The van der Waals surface area contributed by atoms with Gasteiger partial charge in [0, 0.05) is 19.6 Å². The molecule has 2 aliphatic rings. The van der Waals surface area contributed by atoms with Gasteiger partial charge in [-0.2, -0.15) is 0 Å². The van der Waals surface area contributed by atoms with Gasteiger partial charge in [-0.25, -0.2) is 0 Å². The van der Waals surface area contributed by atoms with Gasteiger partial charge in [0.15, 0.2) is 0 Å². The number of hydrogen-bond acceptors (Lipinski definition) is 4. The van der Waals surface area contributed by atoms with Crippen LogP contribution in [0.25, 0.3) is 0 Å². The van der Waals surface area contributed by atoms with Gasteiger partial charge in [0.2, 0.25) is 0 Å². The number of nitrogens with zero attached hydrogens (tertiary/aromatic N) is 1. The van der Waals surface area contributed by atoms with Crippen molar-refractivity contribution in [2.45, 2.75) is 57.3 Å². The molecule has 2 fully saturated rings. The molecule has 5 nitrogen and oxygen atoms in total. The summed E-state index contributed by atoms with van der Waals surface area (Å²) in [5.41, 5.74) is -0.720. The molecule has 0 bridgehead atoms. The van der Waals surface area contributed by atoms with Crippen LogP contribution in [-0.2, 0) is 9.53 Å². The number of β-amino-alcohol motifs (C(OH)–C–C–N with tert-alkyl or cyclic N) is 1.